The van der Waals surface area contributed by atoms with Crippen molar-refractivity contribution in [1.29, 1.82) is 0 Å². The zero-order valence-corrected chi connectivity index (χ0v) is 16.9. The Morgan fingerprint density at radius 2 is 1.81 bits per heavy atom. The molecule has 27 heavy (non-hydrogen) atoms. The van der Waals surface area contributed by atoms with E-state index in [1.807, 2.05) is 31.2 Å². The number of benzene rings is 2. The van der Waals surface area contributed by atoms with Gasteiger partial charge < -0.3 is 14.2 Å². The molecule has 0 spiro atoms. The second-order valence-corrected chi connectivity index (χ2v) is 6.32. The van der Waals surface area contributed by atoms with Crippen molar-refractivity contribution >= 4 is 23.5 Å². The van der Waals surface area contributed by atoms with E-state index in [-0.39, 0.29) is 0 Å². The molecular weight excluding hydrogens is 364 g/mol. The summed E-state index contributed by atoms with van der Waals surface area (Å²) in [6, 6.07) is 11.2. The molecule has 0 amide bonds. The van der Waals surface area contributed by atoms with Gasteiger partial charge in [0.25, 0.3) is 0 Å². The highest BCUT2D eigenvalue weighted by atomic mass is 35.5. The van der Waals surface area contributed by atoms with Crippen LogP contribution in [0.3, 0.4) is 0 Å². The van der Waals surface area contributed by atoms with E-state index < -0.39 is 0 Å². The molecule has 146 valence electrons. The summed E-state index contributed by atoms with van der Waals surface area (Å²) in [4.78, 5) is 0. The molecule has 2 aromatic carbocycles. The maximum absolute atomic E-state index is 6.11. The van der Waals surface area contributed by atoms with Gasteiger partial charge in [-0.15, -0.1) is 0 Å². The fourth-order valence-electron chi connectivity index (χ4n) is 2.44. The largest absolute Gasteiger partial charge is 0.495 e. The maximum atomic E-state index is 6.11. The third-order valence-corrected chi connectivity index (χ3v) is 4.13. The van der Waals surface area contributed by atoms with Crippen molar-refractivity contribution in [3.8, 4) is 17.2 Å². The van der Waals surface area contributed by atoms with Gasteiger partial charge in [0.15, 0.2) is 11.5 Å². The summed E-state index contributed by atoms with van der Waals surface area (Å²) in [7, 11) is 1.58. The zero-order chi connectivity index (χ0) is 19.5. The monoisotopic (exact) mass is 390 g/mol. The van der Waals surface area contributed by atoms with Crippen LogP contribution in [-0.2, 0) is 0 Å². The van der Waals surface area contributed by atoms with Gasteiger partial charge in [-0.3, -0.25) is 5.43 Å². The third-order valence-electron chi connectivity index (χ3n) is 3.83. The molecular formula is C21H27ClN2O3. The Hall–Kier alpha value is -2.40. The lowest BCUT2D eigenvalue weighted by atomic mass is 10.2. The van der Waals surface area contributed by atoms with Crippen LogP contribution in [0.2, 0.25) is 5.02 Å². The Kier molecular flexibility index (Phi) is 8.78. The van der Waals surface area contributed by atoms with Crippen LogP contribution in [0, 0.1) is 0 Å². The van der Waals surface area contributed by atoms with E-state index >= 15 is 0 Å². The molecule has 0 bridgehead atoms. The van der Waals surface area contributed by atoms with Crippen LogP contribution in [0.5, 0.6) is 17.2 Å². The molecule has 2 rings (SSSR count). The number of hydrazone groups is 1. The van der Waals surface area contributed by atoms with Gasteiger partial charge in [0.05, 0.1) is 37.2 Å². The summed E-state index contributed by atoms with van der Waals surface area (Å²) in [5.74, 6) is 2.12. The third kappa shape index (κ3) is 6.68. The van der Waals surface area contributed by atoms with Crippen molar-refractivity contribution in [3.05, 3.63) is 47.0 Å². The molecule has 0 aliphatic rings. The maximum Gasteiger partial charge on any atom is 0.161 e. The summed E-state index contributed by atoms with van der Waals surface area (Å²) in [6.45, 7) is 5.40. The highest BCUT2D eigenvalue weighted by Gasteiger charge is 2.06. The number of methoxy groups -OCH3 is 1. The molecule has 0 unspecified atom stereocenters. The van der Waals surface area contributed by atoms with Gasteiger partial charge in [0.1, 0.15) is 5.75 Å². The van der Waals surface area contributed by atoms with Crippen LogP contribution in [0.15, 0.2) is 41.5 Å². The lowest BCUT2D eigenvalue weighted by molar-refractivity contribution is 0.271. The number of halogens is 1. The van der Waals surface area contributed by atoms with Crippen molar-refractivity contribution in [2.24, 2.45) is 5.10 Å². The van der Waals surface area contributed by atoms with Crippen molar-refractivity contribution in [1.82, 2.24) is 0 Å². The molecule has 6 heteroatoms. The summed E-state index contributed by atoms with van der Waals surface area (Å²) in [6.07, 6.45) is 5.10. The average Bonchev–Trinajstić information content (AvgIpc) is 2.67. The van der Waals surface area contributed by atoms with Crippen LogP contribution in [-0.4, -0.2) is 26.5 Å². The molecule has 0 aromatic heterocycles. The second-order valence-electron chi connectivity index (χ2n) is 5.91. The van der Waals surface area contributed by atoms with Gasteiger partial charge >= 0.3 is 0 Å². The summed E-state index contributed by atoms with van der Waals surface area (Å²) in [5.41, 5.74) is 4.64. The molecule has 0 atom stereocenters. The Labute approximate surface area is 166 Å². The van der Waals surface area contributed by atoms with Crippen molar-refractivity contribution in [3.63, 3.8) is 0 Å². The van der Waals surface area contributed by atoms with E-state index in [1.165, 1.54) is 6.42 Å². The summed E-state index contributed by atoms with van der Waals surface area (Å²) < 4.78 is 16.7. The smallest absolute Gasteiger partial charge is 0.161 e. The van der Waals surface area contributed by atoms with Gasteiger partial charge in [-0.25, -0.2) is 0 Å². The first kappa shape index (κ1) is 20.9. The van der Waals surface area contributed by atoms with E-state index in [0.29, 0.717) is 24.0 Å². The van der Waals surface area contributed by atoms with E-state index in [2.05, 4.69) is 17.5 Å². The lowest BCUT2D eigenvalue weighted by Gasteiger charge is -2.12. The quantitative estimate of drug-likeness (QED) is 0.301. The SMILES string of the molecule is CCCCCOc1ccc(/C=N/Nc2ccc(OC)c(Cl)c2)cc1OCC. The molecule has 0 fully saturated rings. The Bertz CT molecular complexity index is 750. The number of hydrogen-bond acceptors (Lipinski definition) is 5. The van der Waals surface area contributed by atoms with Gasteiger partial charge in [-0.05, 0) is 55.3 Å². The Morgan fingerprint density at radius 1 is 1.00 bits per heavy atom. The highest BCUT2D eigenvalue weighted by Crippen LogP contribution is 2.29. The molecule has 0 aliphatic heterocycles. The fourth-order valence-corrected chi connectivity index (χ4v) is 2.70. The fraction of sp³-hybridized carbons (Fsp3) is 0.381. The van der Waals surface area contributed by atoms with Crippen LogP contribution < -0.4 is 19.6 Å². The molecule has 0 saturated heterocycles. The molecule has 1 N–H and O–H groups in total. The minimum absolute atomic E-state index is 0.529. The first-order valence-electron chi connectivity index (χ1n) is 9.20. The van der Waals surface area contributed by atoms with Crippen molar-refractivity contribution < 1.29 is 14.2 Å². The van der Waals surface area contributed by atoms with E-state index in [1.54, 1.807) is 25.5 Å². The normalized spacial score (nSPS) is 10.8. The molecule has 0 radical (unpaired) electrons. The number of nitrogens with zero attached hydrogens (tertiary/aromatic N) is 1. The Morgan fingerprint density at radius 3 is 2.52 bits per heavy atom. The number of nitrogens with one attached hydrogen (secondary N) is 1. The molecule has 2 aromatic rings. The first-order valence-corrected chi connectivity index (χ1v) is 9.58. The van der Waals surface area contributed by atoms with Crippen LogP contribution in [0.1, 0.15) is 38.7 Å². The predicted molar refractivity (Wildman–Crippen MR) is 112 cm³/mol. The van der Waals surface area contributed by atoms with Gasteiger partial charge in [0, 0.05) is 0 Å². The topological polar surface area (TPSA) is 52.1 Å². The summed E-state index contributed by atoms with van der Waals surface area (Å²) >= 11 is 6.11. The zero-order valence-electron chi connectivity index (χ0n) is 16.1. The minimum atomic E-state index is 0.529. The standard InChI is InChI=1S/C21H27ClN2O3/c1-4-6-7-12-27-20-10-8-16(13-21(20)26-5-2)15-23-24-17-9-11-19(25-3)18(22)14-17/h8-11,13-15,24H,4-7,12H2,1-3H3/b23-15+. The predicted octanol–water partition coefficient (Wildman–Crippen LogP) is 5.76. The van der Waals surface area contributed by atoms with Gasteiger partial charge in [0.2, 0.25) is 0 Å². The molecule has 5 nitrogen and oxygen atoms in total. The Balaban J connectivity index is 2.01. The van der Waals surface area contributed by atoms with E-state index in [4.69, 9.17) is 25.8 Å². The average molecular weight is 391 g/mol. The molecule has 0 heterocycles. The van der Waals surface area contributed by atoms with E-state index in [0.717, 1.165) is 35.6 Å². The second kappa shape index (κ2) is 11.3. The molecule has 0 saturated carbocycles. The highest BCUT2D eigenvalue weighted by molar-refractivity contribution is 6.32. The number of unbranched alkanes of at least 4 members (excludes halogenated alkanes) is 2. The number of anilines is 1. The number of rotatable bonds is 11. The van der Waals surface area contributed by atoms with E-state index in [9.17, 15) is 0 Å². The summed E-state index contributed by atoms with van der Waals surface area (Å²) in [5, 5.41) is 4.78. The van der Waals surface area contributed by atoms with Gasteiger partial charge in [-0.1, -0.05) is 31.4 Å². The van der Waals surface area contributed by atoms with Crippen molar-refractivity contribution in [2.45, 2.75) is 33.1 Å². The minimum Gasteiger partial charge on any atom is -0.495 e. The molecule has 0 aliphatic carbocycles. The number of hydrogen-bond donors (Lipinski definition) is 1. The van der Waals surface area contributed by atoms with Crippen LogP contribution in [0.4, 0.5) is 5.69 Å². The van der Waals surface area contributed by atoms with Crippen LogP contribution >= 0.6 is 11.6 Å². The first-order chi connectivity index (χ1) is 13.2. The van der Waals surface area contributed by atoms with Crippen LogP contribution in [0.25, 0.3) is 0 Å². The van der Waals surface area contributed by atoms with Gasteiger partial charge in [-0.2, -0.15) is 5.10 Å². The number of ether oxygens (including phenoxy) is 3. The van der Waals surface area contributed by atoms with Crippen molar-refractivity contribution in [2.75, 3.05) is 25.7 Å². The lowest BCUT2D eigenvalue weighted by Crippen LogP contribution is -2.01.